The average Bonchev–Trinajstić information content (AvgIpc) is 2.90. The summed E-state index contributed by atoms with van der Waals surface area (Å²) in [6.45, 7) is 6.69. The lowest BCUT2D eigenvalue weighted by atomic mass is 10.1. The van der Waals surface area contributed by atoms with Crippen LogP contribution in [0, 0.1) is 0 Å². The molecule has 2 heterocycles. The molecule has 7 nitrogen and oxygen atoms in total. The van der Waals surface area contributed by atoms with Gasteiger partial charge in [0.2, 0.25) is 5.91 Å². The predicted octanol–water partition coefficient (Wildman–Crippen LogP) is -0.481. The molecule has 1 fully saturated rings. The van der Waals surface area contributed by atoms with E-state index in [9.17, 15) is 4.79 Å². The smallest absolute Gasteiger partial charge is 0.234 e. The van der Waals surface area contributed by atoms with Gasteiger partial charge in [0.25, 0.3) is 0 Å². The van der Waals surface area contributed by atoms with Crippen molar-refractivity contribution in [3.63, 3.8) is 0 Å². The number of aryl methyl sites for hydroxylation is 1. The Labute approximate surface area is 125 Å². The zero-order valence-electron chi connectivity index (χ0n) is 12.8. The van der Waals surface area contributed by atoms with Crippen molar-refractivity contribution in [3.05, 3.63) is 18.2 Å². The van der Waals surface area contributed by atoms with Gasteiger partial charge in [-0.2, -0.15) is 0 Å². The molecule has 0 aliphatic carbocycles. The molecule has 1 aliphatic heterocycles. The van der Waals surface area contributed by atoms with Crippen molar-refractivity contribution in [2.24, 2.45) is 7.05 Å². The minimum Gasteiger partial charge on any atom is -0.380 e. The number of ether oxygens (including phenoxy) is 1. The zero-order chi connectivity index (χ0) is 15.1. The van der Waals surface area contributed by atoms with Crippen molar-refractivity contribution >= 4 is 5.91 Å². The summed E-state index contributed by atoms with van der Waals surface area (Å²) < 4.78 is 7.23. The van der Waals surface area contributed by atoms with Crippen LogP contribution in [0.2, 0.25) is 0 Å². The first-order chi connectivity index (χ1) is 10.2. The largest absolute Gasteiger partial charge is 0.380 e. The molecule has 118 valence electrons. The third-order valence-electron chi connectivity index (χ3n) is 3.63. The molecule has 0 bridgehead atoms. The number of hydrogen-bond donors (Lipinski definition) is 2. The molecule has 2 N–H and O–H groups in total. The maximum Gasteiger partial charge on any atom is 0.234 e. The maximum atomic E-state index is 12.0. The molecule has 0 aromatic carbocycles. The summed E-state index contributed by atoms with van der Waals surface area (Å²) in [6.07, 6.45) is 3.73. The Morgan fingerprint density at radius 1 is 1.62 bits per heavy atom. The second-order valence-electron chi connectivity index (χ2n) is 5.13. The Kier molecular flexibility index (Phi) is 6.16. The molecule has 1 aromatic heterocycles. The monoisotopic (exact) mass is 295 g/mol. The van der Waals surface area contributed by atoms with E-state index < -0.39 is 0 Å². The Bertz CT molecular complexity index is 448. The minimum atomic E-state index is 0.0378. The first kappa shape index (κ1) is 15.9. The van der Waals surface area contributed by atoms with Gasteiger partial charge in [-0.25, -0.2) is 4.98 Å². The van der Waals surface area contributed by atoms with Crippen LogP contribution in [-0.4, -0.2) is 66.3 Å². The van der Waals surface area contributed by atoms with Gasteiger partial charge in [-0.3, -0.25) is 9.69 Å². The van der Waals surface area contributed by atoms with Crippen LogP contribution in [0.1, 0.15) is 18.8 Å². The van der Waals surface area contributed by atoms with Crippen molar-refractivity contribution in [1.82, 2.24) is 25.1 Å². The highest BCUT2D eigenvalue weighted by molar-refractivity contribution is 5.78. The van der Waals surface area contributed by atoms with Crippen LogP contribution in [0.3, 0.4) is 0 Å². The van der Waals surface area contributed by atoms with Crippen molar-refractivity contribution in [2.75, 3.05) is 45.9 Å². The number of hydrogen-bond acceptors (Lipinski definition) is 5. The topological polar surface area (TPSA) is 71.4 Å². The van der Waals surface area contributed by atoms with E-state index in [0.717, 1.165) is 25.5 Å². The van der Waals surface area contributed by atoms with Gasteiger partial charge in [0.15, 0.2) is 0 Å². The SMILES string of the molecule is CCOCCNC(=O)CN1CCNCC1c1nccn1C. The summed E-state index contributed by atoms with van der Waals surface area (Å²) in [5.74, 6) is 1.03. The van der Waals surface area contributed by atoms with Crippen molar-refractivity contribution in [2.45, 2.75) is 13.0 Å². The first-order valence-corrected chi connectivity index (χ1v) is 7.48. The molecule has 1 unspecified atom stereocenters. The van der Waals surface area contributed by atoms with Crippen LogP contribution >= 0.6 is 0 Å². The van der Waals surface area contributed by atoms with Crippen LogP contribution in [0.15, 0.2) is 12.4 Å². The summed E-state index contributed by atoms with van der Waals surface area (Å²) in [7, 11) is 1.98. The number of imidazole rings is 1. The number of nitrogens with one attached hydrogen (secondary N) is 2. The Morgan fingerprint density at radius 3 is 3.19 bits per heavy atom. The summed E-state index contributed by atoms with van der Waals surface area (Å²) in [5, 5.41) is 6.26. The van der Waals surface area contributed by atoms with E-state index in [1.807, 2.05) is 24.7 Å². The number of carbonyl (C=O) groups is 1. The summed E-state index contributed by atoms with van der Waals surface area (Å²) in [4.78, 5) is 18.6. The molecular weight excluding hydrogens is 270 g/mol. The van der Waals surface area contributed by atoms with Gasteiger partial charge in [0.1, 0.15) is 5.82 Å². The fourth-order valence-corrected chi connectivity index (χ4v) is 2.54. The van der Waals surface area contributed by atoms with E-state index in [4.69, 9.17) is 4.74 Å². The highest BCUT2D eigenvalue weighted by Gasteiger charge is 2.27. The quantitative estimate of drug-likeness (QED) is 0.665. The number of nitrogens with zero attached hydrogens (tertiary/aromatic N) is 3. The van der Waals surface area contributed by atoms with Crippen molar-refractivity contribution < 1.29 is 9.53 Å². The number of aromatic nitrogens is 2. The van der Waals surface area contributed by atoms with E-state index in [1.54, 1.807) is 6.20 Å². The zero-order valence-corrected chi connectivity index (χ0v) is 12.8. The summed E-state index contributed by atoms with van der Waals surface area (Å²) in [5.41, 5.74) is 0. The Morgan fingerprint density at radius 2 is 2.48 bits per heavy atom. The summed E-state index contributed by atoms with van der Waals surface area (Å²) >= 11 is 0. The molecule has 21 heavy (non-hydrogen) atoms. The first-order valence-electron chi connectivity index (χ1n) is 7.48. The van der Waals surface area contributed by atoms with Crippen molar-refractivity contribution in [1.29, 1.82) is 0 Å². The van der Waals surface area contributed by atoms with Crippen LogP contribution in [-0.2, 0) is 16.6 Å². The highest BCUT2D eigenvalue weighted by Crippen LogP contribution is 2.19. The molecule has 7 heteroatoms. The fourth-order valence-electron chi connectivity index (χ4n) is 2.54. The van der Waals surface area contributed by atoms with Crippen LogP contribution in [0.4, 0.5) is 0 Å². The molecule has 1 aromatic rings. The third-order valence-corrected chi connectivity index (χ3v) is 3.63. The number of carbonyl (C=O) groups excluding carboxylic acids is 1. The van der Waals surface area contributed by atoms with Crippen LogP contribution in [0.5, 0.6) is 0 Å². The lowest BCUT2D eigenvalue weighted by Gasteiger charge is -2.35. The lowest BCUT2D eigenvalue weighted by molar-refractivity contribution is -0.123. The molecule has 1 atom stereocenters. The van der Waals surface area contributed by atoms with Gasteiger partial charge < -0.3 is 19.9 Å². The second kappa shape index (κ2) is 8.11. The normalized spacial score (nSPS) is 19.6. The molecule has 0 radical (unpaired) electrons. The van der Waals surface area contributed by atoms with Gasteiger partial charge >= 0.3 is 0 Å². The Balaban J connectivity index is 1.87. The molecule has 2 rings (SSSR count). The highest BCUT2D eigenvalue weighted by atomic mass is 16.5. The van der Waals surface area contributed by atoms with E-state index in [1.165, 1.54) is 0 Å². The van der Waals surface area contributed by atoms with E-state index in [0.29, 0.717) is 26.3 Å². The molecular formula is C14H25N5O2. The lowest BCUT2D eigenvalue weighted by Crippen LogP contribution is -2.50. The molecule has 1 amide bonds. The fraction of sp³-hybridized carbons (Fsp3) is 0.714. The van der Waals surface area contributed by atoms with Crippen molar-refractivity contribution in [3.8, 4) is 0 Å². The van der Waals surface area contributed by atoms with Gasteiger partial charge in [-0.1, -0.05) is 0 Å². The van der Waals surface area contributed by atoms with Gasteiger partial charge in [-0.15, -0.1) is 0 Å². The number of amides is 1. The van der Waals surface area contributed by atoms with Gasteiger partial charge in [-0.05, 0) is 6.92 Å². The van der Waals surface area contributed by atoms with Crippen LogP contribution in [0.25, 0.3) is 0 Å². The predicted molar refractivity (Wildman–Crippen MR) is 79.9 cm³/mol. The molecule has 0 saturated carbocycles. The van der Waals surface area contributed by atoms with E-state index in [2.05, 4.69) is 20.5 Å². The minimum absolute atomic E-state index is 0.0378. The average molecular weight is 295 g/mol. The standard InChI is InChI=1S/C14H25N5O2/c1-3-21-9-6-16-13(20)11-19-8-4-15-10-12(19)14-17-5-7-18(14)2/h5,7,12,15H,3-4,6,8-11H2,1-2H3,(H,16,20). The van der Waals surface area contributed by atoms with E-state index >= 15 is 0 Å². The Hall–Kier alpha value is -1.44. The molecule has 1 aliphatic rings. The second-order valence-corrected chi connectivity index (χ2v) is 5.13. The molecule has 0 spiro atoms. The van der Waals surface area contributed by atoms with Gasteiger partial charge in [0, 0.05) is 52.2 Å². The van der Waals surface area contributed by atoms with Gasteiger partial charge in [0.05, 0.1) is 19.2 Å². The number of rotatable bonds is 7. The molecule has 1 saturated heterocycles. The summed E-state index contributed by atoms with van der Waals surface area (Å²) in [6, 6.07) is 0.136. The maximum absolute atomic E-state index is 12.0. The number of piperazine rings is 1. The van der Waals surface area contributed by atoms with Crippen LogP contribution < -0.4 is 10.6 Å². The third kappa shape index (κ3) is 4.52. The van der Waals surface area contributed by atoms with E-state index in [-0.39, 0.29) is 11.9 Å².